The van der Waals surface area contributed by atoms with E-state index in [1.54, 1.807) is 12.1 Å². The molecule has 2 rings (SSSR count). The van der Waals surface area contributed by atoms with Crippen molar-refractivity contribution in [2.75, 3.05) is 51.3 Å². The lowest BCUT2D eigenvalue weighted by atomic mass is 10.1. The van der Waals surface area contributed by atoms with Crippen molar-refractivity contribution in [1.29, 1.82) is 0 Å². The number of hydrogen-bond donors (Lipinski definition) is 3. The van der Waals surface area contributed by atoms with Gasteiger partial charge in [-0.2, -0.15) is 0 Å². The maximum atomic E-state index is 10.9. The topological polar surface area (TPSA) is 81.8 Å². The van der Waals surface area contributed by atoms with Crippen LogP contribution in [0, 0.1) is 0 Å². The molecule has 1 aliphatic heterocycles. The molecule has 0 radical (unpaired) electrons. The largest absolute Gasteiger partial charge is 0.478 e. The number of likely N-dealkylation sites (N-methyl/N-ethyl adjacent to an activating group) is 2. The minimum Gasteiger partial charge on any atom is -0.478 e. The van der Waals surface area contributed by atoms with Crippen LogP contribution in [0.1, 0.15) is 10.4 Å². The summed E-state index contributed by atoms with van der Waals surface area (Å²) in [6.07, 6.45) is 0. The normalized spacial score (nSPS) is 20.8. The third-order valence-corrected chi connectivity index (χ3v) is 3.81. The second kappa shape index (κ2) is 6.11. The second-order valence-electron chi connectivity index (χ2n) is 5.38. The fourth-order valence-corrected chi connectivity index (χ4v) is 2.41. The van der Waals surface area contributed by atoms with Crippen LogP contribution in [0.25, 0.3) is 0 Å². The number of piperazine rings is 1. The van der Waals surface area contributed by atoms with Crippen molar-refractivity contribution in [3.8, 4) is 0 Å². The summed E-state index contributed by atoms with van der Waals surface area (Å²) in [5, 5.41) is 12.2. The number of benzene rings is 1. The van der Waals surface area contributed by atoms with Gasteiger partial charge in [0.2, 0.25) is 0 Å². The van der Waals surface area contributed by atoms with E-state index in [-0.39, 0.29) is 5.56 Å². The summed E-state index contributed by atoms with van der Waals surface area (Å²) in [6, 6.07) is 5.21. The summed E-state index contributed by atoms with van der Waals surface area (Å²) in [4.78, 5) is 15.5. The van der Waals surface area contributed by atoms with Gasteiger partial charge in [0, 0.05) is 32.2 Å². The Morgan fingerprint density at radius 2 is 2.20 bits per heavy atom. The number of aromatic carboxylic acids is 1. The Morgan fingerprint density at radius 3 is 2.85 bits per heavy atom. The SMILES string of the molecule is CN1CCN(C)C(CNc2ccc(C(=O)O)cc2N)C1. The van der Waals surface area contributed by atoms with Gasteiger partial charge in [-0.1, -0.05) is 0 Å². The van der Waals surface area contributed by atoms with E-state index >= 15 is 0 Å². The molecule has 0 aromatic heterocycles. The van der Waals surface area contributed by atoms with Gasteiger partial charge in [0.05, 0.1) is 16.9 Å². The van der Waals surface area contributed by atoms with Gasteiger partial charge < -0.3 is 21.1 Å². The van der Waals surface area contributed by atoms with E-state index < -0.39 is 5.97 Å². The van der Waals surface area contributed by atoms with Gasteiger partial charge in [-0.25, -0.2) is 4.79 Å². The molecule has 6 nitrogen and oxygen atoms in total. The van der Waals surface area contributed by atoms with Gasteiger partial charge in [-0.05, 0) is 32.3 Å². The van der Waals surface area contributed by atoms with Gasteiger partial charge in [-0.15, -0.1) is 0 Å². The van der Waals surface area contributed by atoms with Crippen LogP contribution in [0.15, 0.2) is 18.2 Å². The number of nitrogen functional groups attached to an aromatic ring is 1. The molecular formula is C14H22N4O2. The molecule has 1 atom stereocenters. The lowest BCUT2D eigenvalue weighted by Crippen LogP contribution is -2.52. The summed E-state index contributed by atoms with van der Waals surface area (Å²) in [5.41, 5.74) is 7.36. The first-order valence-electron chi connectivity index (χ1n) is 6.73. The highest BCUT2D eigenvalue weighted by Crippen LogP contribution is 2.20. The van der Waals surface area contributed by atoms with Crippen LogP contribution >= 0.6 is 0 Å². The number of carboxylic acid groups (broad SMARTS) is 1. The zero-order chi connectivity index (χ0) is 14.7. The Morgan fingerprint density at radius 1 is 1.45 bits per heavy atom. The number of anilines is 2. The van der Waals surface area contributed by atoms with E-state index in [1.807, 2.05) is 0 Å². The summed E-state index contributed by atoms with van der Waals surface area (Å²) >= 11 is 0. The minimum atomic E-state index is -0.961. The van der Waals surface area contributed by atoms with Gasteiger partial charge in [-0.3, -0.25) is 4.90 Å². The average molecular weight is 278 g/mol. The number of nitrogens with two attached hydrogens (primary N) is 1. The number of hydrogen-bond acceptors (Lipinski definition) is 5. The lowest BCUT2D eigenvalue weighted by molar-refractivity contribution is 0.0697. The molecule has 0 spiro atoms. The van der Waals surface area contributed by atoms with Gasteiger partial charge >= 0.3 is 5.97 Å². The number of carboxylic acids is 1. The van der Waals surface area contributed by atoms with Crippen LogP contribution < -0.4 is 11.1 Å². The molecule has 1 fully saturated rings. The van der Waals surface area contributed by atoms with Crippen molar-refractivity contribution in [2.24, 2.45) is 0 Å². The highest BCUT2D eigenvalue weighted by atomic mass is 16.4. The number of nitrogens with zero attached hydrogens (tertiary/aromatic N) is 2. The standard InChI is InChI=1S/C14H22N4O2/c1-17-5-6-18(2)11(9-17)8-16-13-4-3-10(14(19)20)7-12(13)15/h3-4,7,11,16H,5-6,8-9,15H2,1-2H3,(H,19,20). The Kier molecular flexibility index (Phi) is 4.46. The van der Waals surface area contributed by atoms with Crippen LogP contribution in [-0.2, 0) is 0 Å². The van der Waals surface area contributed by atoms with Crippen molar-refractivity contribution in [1.82, 2.24) is 9.80 Å². The van der Waals surface area contributed by atoms with E-state index in [4.69, 9.17) is 10.8 Å². The van der Waals surface area contributed by atoms with E-state index in [0.717, 1.165) is 31.9 Å². The summed E-state index contributed by atoms with van der Waals surface area (Å²) < 4.78 is 0. The van der Waals surface area contributed by atoms with Crippen LogP contribution in [0.4, 0.5) is 11.4 Å². The summed E-state index contributed by atoms with van der Waals surface area (Å²) in [6.45, 7) is 3.94. The molecule has 4 N–H and O–H groups in total. The highest BCUT2D eigenvalue weighted by Gasteiger charge is 2.21. The zero-order valence-corrected chi connectivity index (χ0v) is 12.0. The van der Waals surface area contributed by atoms with Crippen molar-refractivity contribution >= 4 is 17.3 Å². The van der Waals surface area contributed by atoms with Crippen LogP contribution in [0.2, 0.25) is 0 Å². The smallest absolute Gasteiger partial charge is 0.335 e. The fourth-order valence-electron chi connectivity index (χ4n) is 2.41. The molecular weight excluding hydrogens is 256 g/mol. The number of rotatable bonds is 4. The lowest BCUT2D eigenvalue weighted by Gasteiger charge is -2.38. The molecule has 1 aliphatic rings. The molecule has 0 aliphatic carbocycles. The minimum absolute atomic E-state index is 0.211. The van der Waals surface area contributed by atoms with E-state index in [9.17, 15) is 4.79 Å². The molecule has 1 unspecified atom stereocenters. The molecule has 1 aromatic carbocycles. The Hall–Kier alpha value is -1.79. The second-order valence-corrected chi connectivity index (χ2v) is 5.38. The van der Waals surface area contributed by atoms with Crippen LogP contribution in [0.5, 0.6) is 0 Å². The predicted octanol–water partition coefficient (Wildman–Crippen LogP) is 0.625. The summed E-state index contributed by atoms with van der Waals surface area (Å²) in [5.74, 6) is -0.961. The van der Waals surface area contributed by atoms with Crippen LogP contribution in [0.3, 0.4) is 0 Å². The first-order chi connectivity index (χ1) is 9.47. The maximum Gasteiger partial charge on any atom is 0.335 e. The van der Waals surface area contributed by atoms with E-state index in [2.05, 4.69) is 29.2 Å². The molecule has 1 aromatic rings. The van der Waals surface area contributed by atoms with E-state index in [1.165, 1.54) is 6.07 Å². The van der Waals surface area contributed by atoms with Gasteiger partial charge in [0.15, 0.2) is 0 Å². The molecule has 1 heterocycles. The molecule has 0 saturated carbocycles. The first kappa shape index (κ1) is 14.6. The number of carbonyl (C=O) groups is 1. The Bertz CT molecular complexity index is 492. The van der Waals surface area contributed by atoms with Gasteiger partial charge in [0.25, 0.3) is 0 Å². The average Bonchev–Trinajstić information content (AvgIpc) is 2.40. The Labute approximate surface area is 119 Å². The Balaban J connectivity index is 1.98. The maximum absolute atomic E-state index is 10.9. The van der Waals surface area contributed by atoms with Crippen molar-refractivity contribution in [3.05, 3.63) is 23.8 Å². The molecule has 0 bridgehead atoms. The quantitative estimate of drug-likeness (QED) is 0.701. The number of nitrogens with one attached hydrogen (secondary N) is 1. The van der Waals surface area contributed by atoms with Gasteiger partial charge in [0.1, 0.15) is 0 Å². The third kappa shape index (κ3) is 3.40. The van der Waals surface area contributed by atoms with Crippen molar-refractivity contribution in [2.45, 2.75) is 6.04 Å². The molecule has 0 amide bonds. The molecule has 1 saturated heterocycles. The molecule has 20 heavy (non-hydrogen) atoms. The van der Waals surface area contributed by atoms with Crippen LogP contribution in [-0.4, -0.2) is 67.2 Å². The van der Waals surface area contributed by atoms with Crippen molar-refractivity contribution in [3.63, 3.8) is 0 Å². The first-order valence-corrected chi connectivity index (χ1v) is 6.73. The molecule has 6 heteroatoms. The van der Waals surface area contributed by atoms with E-state index in [0.29, 0.717) is 11.7 Å². The predicted molar refractivity (Wildman–Crippen MR) is 80.2 cm³/mol. The highest BCUT2D eigenvalue weighted by molar-refractivity contribution is 5.90. The zero-order valence-electron chi connectivity index (χ0n) is 12.0. The molecule has 110 valence electrons. The third-order valence-electron chi connectivity index (χ3n) is 3.81. The summed E-state index contributed by atoms with van der Waals surface area (Å²) in [7, 11) is 4.24. The fraction of sp³-hybridized carbons (Fsp3) is 0.500. The monoisotopic (exact) mass is 278 g/mol. The van der Waals surface area contributed by atoms with Crippen molar-refractivity contribution < 1.29 is 9.90 Å².